The smallest absolute Gasteiger partial charge is 0.274 e. The van der Waals surface area contributed by atoms with Gasteiger partial charge < -0.3 is 19.3 Å². The fourth-order valence-corrected chi connectivity index (χ4v) is 3.76. The van der Waals surface area contributed by atoms with Gasteiger partial charge in [0.1, 0.15) is 0 Å². The average Bonchev–Trinajstić information content (AvgIpc) is 3.29. The van der Waals surface area contributed by atoms with E-state index in [1.165, 1.54) is 4.68 Å². The molecule has 0 saturated carbocycles. The summed E-state index contributed by atoms with van der Waals surface area (Å²) in [4.78, 5) is 13.0. The summed E-state index contributed by atoms with van der Waals surface area (Å²) in [6.45, 7) is 0.626. The van der Waals surface area contributed by atoms with E-state index in [0.29, 0.717) is 29.2 Å². The van der Waals surface area contributed by atoms with Gasteiger partial charge in [0.2, 0.25) is 6.79 Å². The highest BCUT2D eigenvalue weighted by molar-refractivity contribution is 5.93. The zero-order valence-corrected chi connectivity index (χ0v) is 17.3. The molecule has 7 heteroatoms. The zero-order chi connectivity index (χ0) is 21.9. The van der Waals surface area contributed by atoms with Gasteiger partial charge in [-0.25, -0.2) is 4.68 Å². The summed E-state index contributed by atoms with van der Waals surface area (Å²) in [6, 6.07) is 22.7. The van der Waals surface area contributed by atoms with Crippen molar-refractivity contribution in [3.05, 3.63) is 88.7 Å². The molecule has 32 heavy (non-hydrogen) atoms. The van der Waals surface area contributed by atoms with Crippen molar-refractivity contribution in [2.45, 2.75) is 19.3 Å². The molecule has 4 aromatic rings. The molecule has 0 fully saturated rings. The predicted molar refractivity (Wildman–Crippen MR) is 120 cm³/mol. The van der Waals surface area contributed by atoms with Crippen molar-refractivity contribution < 1.29 is 19.3 Å². The molecule has 1 aliphatic heterocycles. The normalized spacial score (nSPS) is 13.4. The van der Waals surface area contributed by atoms with Crippen molar-refractivity contribution >= 4 is 10.8 Å². The van der Waals surface area contributed by atoms with Gasteiger partial charge in [-0.3, -0.25) is 4.79 Å². The first-order valence-corrected chi connectivity index (χ1v) is 10.4. The van der Waals surface area contributed by atoms with Crippen molar-refractivity contribution in [2.75, 3.05) is 13.4 Å². The number of hydrogen-bond acceptors (Lipinski definition) is 6. The number of ether oxygens (including phenoxy) is 3. The molecule has 1 N–H and O–H groups in total. The molecular formula is C25H22N2O5. The van der Waals surface area contributed by atoms with E-state index < -0.39 is 6.10 Å². The molecule has 1 aromatic heterocycles. The third-order valence-electron chi connectivity index (χ3n) is 5.31. The van der Waals surface area contributed by atoms with E-state index in [-0.39, 0.29) is 25.5 Å². The van der Waals surface area contributed by atoms with Crippen molar-refractivity contribution in [3.8, 4) is 22.8 Å². The summed E-state index contributed by atoms with van der Waals surface area (Å²) < 4.78 is 17.7. The van der Waals surface area contributed by atoms with Crippen molar-refractivity contribution in [2.24, 2.45) is 0 Å². The van der Waals surface area contributed by atoms with Gasteiger partial charge in [0, 0.05) is 10.9 Å². The Morgan fingerprint density at radius 2 is 1.72 bits per heavy atom. The Morgan fingerprint density at radius 3 is 2.56 bits per heavy atom. The molecule has 0 bridgehead atoms. The van der Waals surface area contributed by atoms with Crippen LogP contribution < -0.4 is 15.0 Å². The van der Waals surface area contributed by atoms with Crippen LogP contribution in [0.1, 0.15) is 5.56 Å². The number of aromatic nitrogens is 2. The van der Waals surface area contributed by atoms with Crippen LogP contribution in [0.25, 0.3) is 22.0 Å². The Bertz CT molecular complexity index is 1300. The minimum absolute atomic E-state index is 0.0324. The highest BCUT2D eigenvalue weighted by atomic mass is 16.7. The van der Waals surface area contributed by atoms with E-state index in [4.69, 9.17) is 14.2 Å². The van der Waals surface area contributed by atoms with Crippen LogP contribution in [0, 0.1) is 0 Å². The third kappa shape index (κ3) is 4.08. The van der Waals surface area contributed by atoms with Gasteiger partial charge in [-0.1, -0.05) is 54.6 Å². The van der Waals surface area contributed by atoms with Gasteiger partial charge in [-0.05, 0) is 23.8 Å². The Balaban J connectivity index is 1.32. The number of aliphatic hydroxyl groups is 1. The maximum Gasteiger partial charge on any atom is 0.274 e. The highest BCUT2D eigenvalue weighted by Gasteiger charge is 2.16. The lowest BCUT2D eigenvalue weighted by Gasteiger charge is -2.15. The SMILES string of the molecule is O=c1c2ccccc2c(-c2ccccc2)nn1C[C@H](O)COCc1ccc2c(c1)OCO2. The number of nitrogens with zero attached hydrogens (tertiary/aromatic N) is 2. The molecular weight excluding hydrogens is 408 g/mol. The number of rotatable bonds is 7. The van der Waals surface area contributed by atoms with Crippen LogP contribution in [0.5, 0.6) is 11.5 Å². The lowest BCUT2D eigenvalue weighted by Crippen LogP contribution is -2.31. The van der Waals surface area contributed by atoms with Crippen LogP contribution >= 0.6 is 0 Å². The Kier molecular flexibility index (Phi) is 5.58. The molecule has 2 heterocycles. The van der Waals surface area contributed by atoms with Gasteiger partial charge in [0.05, 0.1) is 36.9 Å². The Hall–Kier alpha value is -3.68. The summed E-state index contributed by atoms with van der Waals surface area (Å²) in [6.07, 6.45) is -0.890. The van der Waals surface area contributed by atoms with Gasteiger partial charge >= 0.3 is 0 Å². The number of benzene rings is 3. The van der Waals surface area contributed by atoms with E-state index in [0.717, 1.165) is 16.5 Å². The van der Waals surface area contributed by atoms with E-state index in [1.54, 1.807) is 6.07 Å². The minimum atomic E-state index is -0.890. The summed E-state index contributed by atoms with van der Waals surface area (Å²) >= 11 is 0. The third-order valence-corrected chi connectivity index (χ3v) is 5.31. The van der Waals surface area contributed by atoms with Crippen LogP contribution in [0.3, 0.4) is 0 Å². The largest absolute Gasteiger partial charge is 0.454 e. The van der Waals surface area contributed by atoms with Crippen molar-refractivity contribution in [1.82, 2.24) is 9.78 Å². The Morgan fingerprint density at radius 1 is 0.969 bits per heavy atom. The zero-order valence-electron chi connectivity index (χ0n) is 17.3. The lowest BCUT2D eigenvalue weighted by molar-refractivity contribution is 0.0181. The first kappa shape index (κ1) is 20.2. The maximum absolute atomic E-state index is 13.0. The molecule has 1 atom stereocenters. The highest BCUT2D eigenvalue weighted by Crippen LogP contribution is 2.32. The number of fused-ring (bicyclic) bond motifs is 2. The summed E-state index contributed by atoms with van der Waals surface area (Å²) in [5, 5.41) is 16.4. The van der Waals surface area contributed by atoms with E-state index >= 15 is 0 Å². The second-order valence-electron chi connectivity index (χ2n) is 7.60. The van der Waals surface area contributed by atoms with Crippen LogP contribution in [0.4, 0.5) is 0 Å². The van der Waals surface area contributed by atoms with Crippen LogP contribution in [-0.2, 0) is 17.9 Å². The van der Waals surface area contributed by atoms with Gasteiger partial charge in [-0.2, -0.15) is 5.10 Å². The van der Waals surface area contributed by atoms with Crippen LogP contribution in [0.15, 0.2) is 77.6 Å². The van der Waals surface area contributed by atoms with Gasteiger partial charge in [-0.15, -0.1) is 0 Å². The molecule has 5 rings (SSSR count). The van der Waals surface area contributed by atoms with E-state index in [2.05, 4.69) is 5.10 Å². The van der Waals surface area contributed by atoms with Crippen LogP contribution in [0.2, 0.25) is 0 Å². The molecule has 0 spiro atoms. The Labute approximate surface area is 184 Å². The van der Waals surface area contributed by atoms with Gasteiger partial charge in [0.15, 0.2) is 11.5 Å². The molecule has 7 nitrogen and oxygen atoms in total. The molecule has 0 radical (unpaired) electrons. The topological polar surface area (TPSA) is 82.8 Å². The van der Waals surface area contributed by atoms with Crippen molar-refractivity contribution in [3.63, 3.8) is 0 Å². The van der Waals surface area contributed by atoms with E-state index in [1.807, 2.05) is 66.7 Å². The van der Waals surface area contributed by atoms with Crippen molar-refractivity contribution in [1.29, 1.82) is 0 Å². The summed E-state index contributed by atoms with van der Waals surface area (Å²) in [5.41, 5.74) is 2.28. The fourth-order valence-electron chi connectivity index (χ4n) is 3.76. The number of hydrogen-bond donors (Lipinski definition) is 1. The fraction of sp³-hybridized carbons (Fsp3) is 0.200. The summed E-state index contributed by atoms with van der Waals surface area (Å²) in [5.74, 6) is 1.40. The first-order chi connectivity index (χ1) is 15.7. The lowest BCUT2D eigenvalue weighted by atomic mass is 10.1. The quantitative estimate of drug-likeness (QED) is 0.484. The summed E-state index contributed by atoms with van der Waals surface area (Å²) in [7, 11) is 0. The second-order valence-corrected chi connectivity index (χ2v) is 7.60. The minimum Gasteiger partial charge on any atom is -0.454 e. The average molecular weight is 430 g/mol. The standard InChI is InChI=1S/C25H22N2O5/c28-19(15-30-14-17-10-11-22-23(12-17)32-16-31-22)13-27-25(29)21-9-5-4-8-20(21)24(26-27)18-6-2-1-3-7-18/h1-12,19,28H,13-16H2/t19-/m0/s1. The molecule has 1 aliphatic rings. The van der Waals surface area contributed by atoms with Gasteiger partial charge in [0.25, 0.3) is 5.56 Å². The predicted octanol–water partition coefficient (Wildman–Crippen LogP) is 3.37. The molecule has 3 aromatic carbocycles. The first-order valence-electron chi connectivity index (χ1n) is 10.4. The monoisotopic (exact) mass is 430 g/mol. The molecule has 0 saturated heterocycles. The molecule has 162 valence electrons. The molecule has 0 aliphatic carbocycles. The maximum atomic E-state index is 13.0. The second kappa shape index (κ2) is 8.82. The van der Waals surface area contributed by atoms with E-state index in [9.17, 15) is 9.90 Å². The van der Waals surface area contributed by atoms with Crippen LogP contribution in [-0.4, -0.2) is 34.4 Å². The molecule has 0 amide bonds. The molecule has 0 unspecified atom stereocenters. The number of aliphatic hydroxyl groups excluding tert-OH is 1.